The van der Waals surface area contributed by atoms with Crippen molar-refractivity contribution < 1.29 is 17.9 Å². The Morgan fingerprint density at radius 1 is 1.13 bits per heavy atom. The van der Waals surface area contributed by atoms with Crippen molar-refractivity contribution in [3.63, 3.8) is 0 Å². The Morgan fingerprint density at radius 2 is 1.87 bits per heavy atom. The first-order valence-corrected chi connectivity index (χ1v) is 11.5. The van der Waals surface area contributed by atoms with E-state index in [0.717, 1.165) is 31.2 Å². The summed E-state index contributed by atoms with van der Waals surface area (Å²) in [6.07, 6.45) is 7.02. The van der Waals surface area contributed by atoms with E-state index < -0.39 is 10.0 Å². The van der Waals surface area contributed by atoms with Crippen LogP contribution in [0.5, 0.6) is 5.75 Å². The molecule has 1 fully saturated rings. The zero-order chi connectivity index (χ0) is 21.8. The maximum absolute atomic E-state index is 12.7. The predicted molar refractivity (Wildman–Crippen MR) is 118 cm³/mol. The summed E-state index contributed by atoms with van der Waals surface area (Å²) in [5.74, 6) is 0.0440. The van der Waals surface area contributed by atoms with Gasteiger partial charge in [0.15, 0.2) is 0 Å². The van der Waals surface area contributed by atoms with Crippen molar-refractivity contribution in [2.45, 2.75) is 43.0 Å². The maximum Gasteiger partial charge on any atom is 0.244 e. The van der Waals surface area contributed by atoms with Gasteiger partial charge in [-0.1, -0.05) is 48.7 Å². The van der Waals surface area contributed by atoms with Crippen molar-refractivity contribution >= 4 is 22.0 Å². The summed E-state index contributed by atoms with van der Waals surface area (Å²) in [7, 11) is -0.920. The van der Waals surface area contributed by atoms with Crippen molar-refractivity contribution in [2.24, 2.45) is 0 Å². The minimum absolute atomic E-state index is 0.0297. The van der Waals surface area contributed by atoms with Gasteiger partial charge in [0, 0.05) is 6.08 Å². The molecule has 0 atom stereocenters. The highest BCUT2D eigenvalue weighted by molar-refractivity contribution is 7.89. The van der Waals surface area contributed by atoms with E-state index in [2.05, 4.69) is 22.2 Å². The first-order valence-electron chi connectivity index (χ1n) is 9.99. The molecule has 0 unspecified atom stereocenters. The van der Waals surface area contributed by atoms with Gasteiger partial charge >= 0.3 is 0 Å². The van der Waals surface area contributed by atoms with Crippen LogP contribution in [-0.4, -0.2) is 28.5 Å². The molecule has 1 aliphatic carbocycles. The van der Waals surface area contributed by atoms with Gasteiger partial charge in [-0.15, -0.1) is 0 Å². The summed E-state index contributed by atoms with van der Waals surface area (Å²) >= 11 is 0. The number of aryl methyl sites for hydroxylation is 1. The monoisotopic (exact) mass is 428 g/mol. The molecule has 0 saturated heterocycles. The van der Waals surface area contributed by atoms with Crippen molar-refractivity contribution in [1.82, 2.24) is 10.0 Å². The lowest BCUT2D eigenvalue weighted by Gasteiger charge is -2.31. The van der Waals surface area contributed by atoms with Crippen LogP contribution in [0.3, 0.4) is 0 Å². The molecule has 1 saturated carbocycles. The highest BCUT2D eigenvalue weighted by Crippen LogP contribution is 2.39. The van der Waals surface area contributed by atoms with E-state index in [1.54, 1.807) is 18.2 Å². The van der Waals surface area contributed by atoms with Gasteiger partial charge in [0.25, 0.3) is 0 Å². The fourth-order valence-corrected chi connectivity index (χ4v) is 4.90. The molecule has 160 valence electrons. The second kappa shape index (κ2) is 9.02. The SMILES string of the molecule is CNS(=O)(=O)c1cc(C=CC(=O)NC2(c3cccc(C)c3)CCCC2)ccc1OC. The highest BCUT2D eigenvalue weighted by atomic mass is 32.2. The first-order chi connectivity index (χ1) is 14.3. The molecule has 0 bridgehead atoms. The number of hydrogen-bond donors (Lipinski definition) is 2. The van der Waals surface area contributed by atoms with Crippen LogP contribution < -0.4 is 14.8 Å². The van der Waals surface area contributed by atoms with Crippen molar-refractivity contribution in [2.75, 3.05) is 14.2 Å². The summed E-state index contributed by atoms with van der Waals surface area (Å²) < 4.78 is 31.9. The average molecular weight is 429 g/mol. The van der Waals surface area contributed by atoms with E-state index in [9.17, 15) is 13.2 Å². The van der Waals surface area contributed by atoms with Crippen LogP contribution in [-0.2, 0) is 20.4 Å². The molecule has 6 nitrogen and oxygen atoms in total. The minimum Gasteiger partial charge on any atom is -0.495 e. The van der Waals surface area contributed by atoms with Crippen molar-refractivity contribution in [3.8, 4) is 5.75 Å². The summed E-state index contributed by atoms with van der Waals surface area (Å²) in [6.45, 7) is 2.05. The lowest BCUT2D eigenvalue weighted by atomic mass is 9.87. The van der Waals surface area contributed by atoms with Gasteiger partial charge in [0.05, 0.1) is 12.6 Å². The quantitative estimate of drug-likeness (QED) is 0.661. The number of rotatable bonds is 7. The van der Waals surface area contributed by atoms with Gasteiger partial charge in [-0.25, -0.2) is 13.1 Å². The maximum atomic E-state index is 12.7. The molecule has 3 rings (SSSR count). The highest BCUT2D eigenvalue weighted by Gasteiger charge is 2.36. The Balaban J connectivity index is 1.82. The Bertz CT molecular complexity index is 1050. The molecule has 0 heterocycles. The molecule has 0 aromatic heterocycles. The van der Waals surface area contributed by atoms with Crippen molar-refractivity contribution in [3.05, 3.63) is 65.2 Å². The molecule has 0 spiro atoms. The largest absolute Gasteiger partial charge is 0.495 e. The van der Waals surface area contributed by atoms with Gasteiger partial charge in [-0.3, -0.25) is 4.79 Å². The Labute approximate surface area is 178 Å². The van der Waals surface area contributed by atoms with Crippen LogP contribution >= 0.6 is 0 Å². The lowest BCUT2D eigenvalue weighted by molar-refractivity contribution is -0.118. The van der Waals surface area contributed by atoms with E-state index in [1.807, 2.05) is 19.1 Å². The van der Waals surface area contributed by atoms with Crippen LogP contribution in [0.2, 0.25) is 0 Å². The topological polar surface area (TPSA) is 84.5 Å². The van der Waals surface area contributed by atoms with Crippen molar-refractivity contribution in [1.29, 1.82) is 0 Å². The van der Waals surface area contributed by atoms with Crippen LogP contribution in [0, 0.1) is 6.92 Å². The average Bonchev–Trinajstić information content (AvgIpc) is 3.21. The second-order valence-electron chi connectivity index (χ2n) is 7.60. The molecular formula is C23H28N2O4S. The third-order valence-corrected chi connectivity index (χ3v) is 7.00. The van der Waals surface area contributed by atoms with Crippen LogP contribution in [0.25, 0.3) is 6.08 Å². The molecule has 2 N–H and O–H groups in total. The van der Waals surface area contributed by atoms with E-state index in [1.165, 1.54) is 31.9 Å². The van der Waals surface area contributed by atoms with Crippen LogP contribution in [0.4, 0.5) is 0 Å². The van der Waals surface area contributed by atoms with Gasteiger partial charge in [-0.2, -0.15) is 0 Å². The fraction of sp³-hybridized carbons (Fsp3) is 0.348. The number of nitrogens with one attached hydrogen (secondary N) is 2. The van der Waals surface area contributed by atoms with E-state index in [-0.39, 0.29) is 22.1 Å². The molecule has 30 heavy (non-hydrogen) atoms. The molecule has 7 heteroatoms. The van der Waals surface area contributed by atoms with Gasteiger partial charge in [-0.05, 0) is 56.1 Å². The number of hydrogen-bond acceptors (Lipinski definition) is 4. The van der Waals surface area contributed by atoms with Gasteiger partial charge in [0.1, 0.15) is 10.6 Å². The molecule has 1 amide bonds. The predicted octanol–water partition coefficient (Wildman–Crippen LogP) is 3.51. The number of sulfonamides is 1. The number of amides is 1. The first kappa shape index (κ1) is 22.1. The fourth-order valence-electron chi connectivity index (χ4n) is 3.97. The molecule has 1 aliphatic rings. The summed E-state index contributed by atoms with van der Waals surface area (Å²) in [6, 6.07) is 13.0. The number of ether oxygens (including phenoxy) is 1. The van der Waals surface area contributed by atoms with Gasteiger partial charge in [0.2, 0.25) is 15.9 Å². The standard InChI is InChI=1S/C23H28N2O4S/c1-17-7-6-8-19(15-17)23(13-4-5-14-23)25-22(26)12-10-18-9-11-20(29-3)21(16-18)30(27,28)24-2/h6-12,15-16,24H,4-5,13-14H2,1-3H3,(H,25,26). The van der Waals surface area contributed by atoms with E-state index in [0.29, 0.717) is 5.56 Å². The summed E-state index contributed by atoms with van der Waals surface area (Å²) in [5.41, 5.74) is 2.54. The smallest absolute Gasteiger partial charge is 0.244 e. The number of carbonyl (C=O) groups is 1. The van der Waals surface area contributed by atoms with Crippen LogP contribution in [0.15, 0.2) is 53.4 Å². The summed E-state index contributed by atoms with van der Waals surface area (Å²) in [4.78, 5) is 12.8. The number of methoxy groups -OCH3 is 1. The minimum atomic E-state index is -3.68. The molecular weight excluding hydrogens is 400 g/mol. The third-order valence-electron chi connectivity index (χ3n) is 5.56. The Morgan fingerprint density at radius 3 is 2.50 bits per heavy atom. The van der Waals surface area contributed by atoms with E-state index >= 15 is 0 Å². The van der Waals surface area contributed by atoms with Gasteiger partial charge < -0.3 is 10.1 Å². The Hall–Kier alpha value is -2.64. The summed E-state index contributed by atoms with van der Waals surface area (Å²) in [5, 5.41) is 3.20. The second-order valence-corrected chi connectivity index (χ2v) is 9.45. The zero-order valence-electron chi connectivity index (χ0n) is 17.6. The molecule has 0 radical (unpaired) electrons. The lowest BCUT2D eigenvalue weighted by Crippen LogP contribution is -2.43. The normalized spacial score (nSPS) is 16.0. The number of benzene rings is 2. The number of carbonyl (C=O) groups excluding carboxylic acids is 1. The molecule has 2 aromatic carbocycles. The Kier molecular flexibility index (Phi) is 6.63. The van der Waals surface area contributed by atoms with Crippen LogP contribution in [0.1, 0.15) is 42.4 Å². The molecule has 0 aliphatic heterocycles. The molecule has 2 aromatic rings. The van der Waals surface area contributed by atoms with E-state index in [4.69, 9.17) is 4.74 Å². The third kappa shape index (κ3) is 4.74. The zero-order valence-corrected chi connectivity index (χ0v) is 18.4.